The summed E-state index contributed by atoms with van der Waals surface area (Å²) in [5.41, 5.74) is 2.64. The molecule has 7 heteroatoms. The SMILES string of the molecule is O=C1COc2ccc(C(=O)C=Cc3csc(-c4ccc(Cl)cc4)n3)cc2N1. The van der Waals surface area contributed by atoms with Gasteiger partial charge >= 0.3 is 0 Å². The first-order valence-electron chi connectivity index (χ1n) is 8.09. The number of hydrogen-bond acceptors (Lipinski definition) is 5. The number of nitrogens with zero attached hydrogens (tertiary/aromatic N) is 1. The summed E-state index contributed by atoms with van der Waals surface area (Å²) in [4.78, 5) is 28.3. The molecule has 0 fully saturated rings. The van der Waals surface area contributed by atoms with Crippen molar-refractivity contribution in [1.29, 1.82) is 0 Å². The van der Waals surface area contributed by atoms with Crippen LogP contribution in [0, 0.1) is 0 Å². The summed E-state index contributed by atoms with van der Waals surface area (Å²) in [7, 11) is 0. The number of ether oxygens (including phenoxy) is 1. The van der Waals surface area contributed by atoms with Gasteiger partial charge in [-0.3, -0.25) is 9.59 Å². The molecule has 0 saturated carbocycles. The van der Waals surface area contributed by atoms with E-state index in [4.69, 9.17) is 16.3 Å². The van der Waals surface area contributed by atoms with Crippen LogP contribution >= 0.6 is 22.9 Å². The van der Waals surface area contributed by atoms with Crippen molar-refractivity contribution in [2.75, 3.05) is 11.9 Å². The summed E-state index contributed by atoms with van der Waals surface area (Å²) < 4.78 is 5.29. The number of nitrogens with one attached hydrogen (secondary N) is 1. The zero-order chi connectivity index (χ0) is 18.8. The molecule has 4 rings (SSSR count). The smallest absolute Gasteiger partial charge is 0.262 e. The number of amides is 1. The fourth-order valence-corrected chi connectivity index (χ4v) is 3.50. The van der Waals surface area contributed by atoms with Gasteiger partial charge in [-0.1, -0.05) is 23.7 Å². The molecule has 1 amide bonds. The molecular formula is C20H13ClN2O3S. The number of rotatable bonds is 4. The molecule has 2 aromatic carbocycles. The van der Waals surface area contributed by atoms with Gasteiger partial charge in [0.25, 0.3) is 5.91 Å². The Morgan fingerprint density at radius 3 is 2.85 bits per heavy atom. The van der Waals surface area contributed by atoms with Crippen molar-refractivity contribution < 1.29 is 14.3 Å². The van der Waals surface area contributed by atoms with Gasteiger partial charge in [-0.15, -0.1) is 11.3 Å². The van der Waals surface area contributed by atoms with Crippen LogP contribution in [0.5, 0.6) is 5.75 Å². The molecule has 1 aliphatic heterocycles. The molecule has 5 nitrogen and oxygen atoms in total. The maximum Gasteiger partial charge on any atom is 0.262 e. The summed E-state index contributed by atoms with van der Waals surface area (Å²) in [5, 5.41) is 6.11. The molecule has 0 bridgehead atoms. The summed E-state index contributed by atoms with van der Waals surface area (Å²) >= 11 is 7.40. The summed E-state index contributed by atoms with van der Waals surface area (Å²) in [6.07, 6.45) is 3.14. The number of allylic oxidation sites excluding steroid dienone is 1. The standard InChI is InChI=1S/C20H13ClN2O3S/c21-14-4-1-12(2-5-14)20-22-15(11-27-20)6-7-17(24)13-3-8-18-16(9-13)23-19(25)10-26-18/h1-9,11H,10H2,(H,23,25). The number of carbonyl (C=O) groups excluding carboxylic acids is 2. The molecule has 134 valence electrons. The maximum absolute atomic E-state index is 12.4. The fourth-order valence-electron chi connectivity index (χ4n) is 2.58. The normalized spacial score (nSPS) is 13.1. The monoisotopic (exact) mass is 396 g/mol. The van der Waals surface area contributed by atoms with Crippen molar-refractivity contribution >= 4 is 46.4 Å². The molecule has 0 saturated heterocycles. The summed E-state index contributed by atoms with van der Waals surface area (Å²) in [5.74, 6) is 0.140. The third-order valence-electron chi connectivity index (χ3n) is 3.92. The van der Waals surface area contributed by atoms with Gasteiger partial charge < -0.3 is 10.1 Å². The van der Waals surface area contributed by atoms with Crippen molar-refractivity contribution in [1.82, 2.24) is 4.98 Å². The first-order chi connectivity index (χ1) is 13.1. The summed E-state index contributed by atoms with van der Waals surface area (Å²) in [6, 6.07) is 12.4. The molecule has 1 aromatic heterocycles. The van der Waals surface area contributed by atoms with Crippen molar-refractivity contribution in [2.24, 2.45) is 0 Å². The van der Waals surface area contributed by atoms with Crippen molar-refractivity contribution in [2.45, 2.75) is 0 Å². The van der Waals surface area contributed by atoms with Gasteiger partial charge in [-0.25, -0.2) is 4.98 Å². The van der Waals surface area contributed by atoms with Crippen LogP contribution in [0.4, 0.5) is 5.69 Å². The number of anilines is 1. The Bertz CT molecular complexity index is 1060. The minimum absolute atomic E-state index is 0.0139. The Morgan fingerprint density at radius 1 is 1.22 bits per heavy atom. The fraction of sp³-hybridized carbons (Fsp3) is 0.0500. The number of carbonyl (C=O) groups is 2. The van der Waals surface area contributed by atoms with E-state index in [2.05, 4.69) is 10.3 Å². The van der Waals surface area contributed by atoms with Crippen LogP contribution in [0.2, 0.25) is 5.02 Å². The molecule has 3 aromatic rings. The quantitative estimate of drug-likeness (QED) is 0.513. The number of ketones is 1. The molecule has 0 aliphatic carbocycles. The molecule has 0 radical (unpaired) electrons. The lowest BCUT2D eigenvalue weighted by molar-refractivity contribution is -0.118. The minimum atomic E-state index is -0.236. The predicted octanol–water partition coefficient (Wildman–Crippen LogP) is 4.69. The molecule has 1 N–H and O–H groups in total. The van der Waals surface area contributed by atoms with E-state index in [1.165, 1.54) is 17.4 Å². The van der Waals surface area contributed by atoms with Crippen molar-refractivity contribution in [3.05, 3.63) is 70.2 Å². The Hall–Kier alpha value is -2.96. The van der Waals surface area contributed by atoms with Crippen LogP contribution in [-0.2, 0) is 4.79 Å². The molecule has 0 atom stereocenters. The van der Waals surface area contributed by atoms with Crippen LogP contribution in [0.25, 0.3) is 16.6 Å². The van der Waals surface area contributed by atoms with Gasteiger partial charge in [-0.05, 0) is 42.5 Å². The van der Waals surface area contributed by atoms with Gasteiger partial charge in [0.2, 0.25) is 0 Å². The van der Waals surface area contributed by atoms with Crippen LogP contribution in [0.3, 0.4) is 0 Å². The number of aromatic nitrogens is 1. The third kappa shape index (κ3) is 3.92. The zero-order valence-electron chi connectivity index (χ0n) is 13.9. The Balaban J connectivity index is 1.50. The first kappa shape index (κ1) is 17.5. The third-order valence-corrected chi connectivity index (χ3v) is 5.08. The van der Waals surface area contributed by atoms with E-state index < -0.39 is 0 Å². The predicted molar refractivity (Wildman–Crippen MR) is 106 cm³/mol. The number of benzene rings is 2. The van der Waals surface area contributed by atoms with E-state index in [-0.39, 0.29) is 18.3 Å². The molecule has 1 aliphatic rings. The van der Waals surface area contributed by atoms with Crippen LogP contribution in [-0.4, -0.2) is 23.3 Å². The van der Waals surface area contributed by atoms with E-state index in [1.807, 2.05) is 29.6 Å². The van der Waals surface area contributed by atoms with Crippen LogP contribution < -0.4 is 10.1 Å². The highest BCUT2D eigenvalue weighted by Crippen LogP contribution is 2.29. The highest BCUT2D eigenvalue weighted by Gasteiger charge is 2.17. The average Bonchev–Trinajstić information content (AvgIpc) is 3.15. The van der Waals surface area contributed by atoms with Gasteiger partial charge in [0.1, 0.15) is 10.8 Å². The Morgan fingerprint density at radius 2 is 2.04 bits per heavy atom. The Kier molecular flexibility index (Phi) is 4.75. The molecule has 0 unspecified atom stereocenters. The zero-order valence-corrected chi connectivity index (χ0v) is 15.5. The van der Waals surface area contributed by atoms with E-state index in [0.717, 1.165) is 10.6 Å². The number of fused-ring (bicyclic) bond motifs is 1. The van der Waals surface area contributed by atoms with Gasteiger partial charge in [0.15, 0.2) is 12.4 Å². The minimum Gasteiger partial charge on any atom is -0.482 e. The Labute approximate surface area is 164 Å². The average molecular weight is 397 g/mol. The molecule has 2 heterocycles. The topological polar surface area (TPSA) is 68.3 Å². The highest BCUT2D eigenvalue weighted by atomic mass is 35.5. The van der Waals surface area contributed by atoms with E-state index in [0.29, 0.717) is 27.7 Å². The second-order valence-corrected chi connectivity index (χ2v) is 7.12. The lowest BCUT2D eigenvalue weighted by Crippen LogP contribution is -2.25. The van der Waals surface area contributed by atoms with Crippen molar-refractivity contribution in [3.63, 3.8) is 0 Å². The highest BCUT2D eigenvalue weighted by molar-refractivity contribution is 7.13. The second-order valence-electron chi connectivity index (χ2n) is 5.83. The second kappa shape index (κ2) is 7.34. The van der Waals surface area contributed by atoms with E-state index in [1.54, 1.807) is 24.3 Å². The van der Waals surface area contributed by atoms with E-state index >= 15 is 0 Å². The molecule has 27 heavy (non-hydrogen) atoms. The lowest BCUT2D eigenvalue weighted by atomic mass is 10.1. The van der Waals surface area contributed by atoms with E-state index in [9.17, 15) is 9.59 Å². The molecular weight excluding hydrogens is 384 g/mol. The number of thiazole rings is 1. The van der Waals surface area contributed by atoms with Crippen molar-refractivity contribution in [3.8, 4) is 16.3 Å². The summed E-state index contributed by atoms with van der Waals surface area (Å²) in [6.45, 7) is -0.0139. The van der Waals surface area contributed by atoms with Gasteiger partial charge in [0.05, 0.1) is 11.4 Å². The first-order valence-corrected chi connectivity index (χ1v) is 9.35. The maximum atomic E-state index is 12.4. The number of hydrogen-bond donors (Lipinski definition) is 1. The van der Waals surface area contributed by atoms with Crippen LogP contribution in [0.1, 0.15) is 16.1 Å². The van der Waals surface area contributed by atoms with Gasteiger partial charge in [0, 0.05) is 21.5 Å². The molecule has 0 spiro atoms. The number of halogens is 1. The van der Waals surface area contributed by atoms with Crippen LogP contribution in [0.15, 0.2) is 53.9 Å². The lowest BCUT2D eigenvalue weighted by Gasteiger charge is -2.17. The van der Waals surface area contributed by atoms with Gasteiger partial charge in [-0.2, -0.15) is 0 Å². The largest absolute Gasteiger partial charge is 0.482 e.